The lowest BCUT2D eigenvalue weighted by Crippen LogP contribution is -1.92. The molecule has 3 rings (SSSR count). The van der Waals surface area contributed by atoms with Gasteiger partial charge in [-0.25, -0.2) is 0 Å². The van der Waals surface area contributed by atoms with E-state index in [1.54, 1.807) is 0 Å². The Morgan fingerprint density at radius 3 is 2.56 bits per heavy atom. The molecule has 0 radical (unpaired) electrons. The average Bonchev–Trinajstić information content (AvgIpc) is 2.41. The van der Waals surface area contributed by atoms with E-state index in [0.29, 0.717) is 0 Å². The molecule has 18 heavy (non-hydrogen) atoms. The van der Waals surface area contributed by atoms with E-state index in [0.717, 1.165) is 22.2 Å². The first-order valence-corrected chi connectivity index (χ1v) is 6.05. The molecular formula is C16H14N2. The van der Waals surface area contributed by atoms with Gasteiger partial charge in [0.1, 0.15) is 0 Å². The van der Waals surface area contributed by atoms with Crippen LogP contribution in [-0.2, 0) is 0 Å². The van der Waals surface area contributed by atoms with Gasteiger partial charge in [0.2, 0.25) is 0 Å². The molecule has 0 spiro atoms. The second-order valence-electron chi connectivity index (χ2n) is 4.54. The van der Waals surface area contributed by atoms with Crippen LogP contribution in [0.15, 0.2) is 48.5 Å². The lowest BCUT2D eigenvalue weighted by Gasteiger charge is -2.07. The van der Waals surface area contributed by atoms with Crippen LogP contribution in [0.3, 0.4) is 0 Å². The molecule has 2 nitrogen and oxygen atoms in total. The van der Waals surface area contributed by atoms with Crippen molar-refractivity contribution in [3.63, 3.8) is 0 Å². The summed E-state index contributed by atoms with van der Waals surface area (Å²) in [5.74, 6) is 0. The zero-order chi connectivity index (χ0) is 12.5. The molecule has 0 bridgehead atoms. The molecule has 0 N–H and O–H groups in total. The van der Waals surface area contributed by atoms with E-state index in [2.05, 4.69) is 54.4 Å². The minimum atomic E-state index is 0.937. The van der Waals surface area contributed by atoms with Gasteiger partial charge < -0.3 is 0 Å². The Bertz CT molecular complexity index is 717. The van der Waals surface area contributed by atoms with Crippen LogP contribution in [0.5, 0.6) is 0 Å². The Balaban J connectivity index is 2.22. The van der Waals surface area contributed by atoms with Gasteiger partial charge in [-0.1, -0.05) is 36.4 Å². The van der Waals surface area contributed by atoms with Crippen LogP contribution in [0, 0.1) is 13.8 Å². The third kappa shape index (κ3) is 1.76. The summed E-state index contributed by atoms with van der Waals surface area (Å²) in [5.41, 5.74) is 5.58. The van der Waals surface area contributed by atoms with Gasteiger partial charge in [-0.2, -0.15) is 0 Å². The number of hydrogen-bond acceptors (Lipinski definition) is 2. The van der Waals surface area contributed by atoms with Crippen LogP contribution in [0.4, 0.5) is 0 Å². The second kappa shape index (κ2) is 4.22. The van der Waals surface area contributed by atoms with Crippen LogP contribution in [-0.4, -0.2) is 10.2 Å². The van der Waals surface area contributed by atoms with E-state index in [1.807, 2.05) is 18.2 Å². The van der Waals surface area contributed by atoms with Crippen molar-refractivity contribution in [3.8, 4) is 11.3 Å². The largest absolute Gasteiger partial charge is 0.150 e. The van der Waals surface area contributed by atoms with Gasteiger partial charge in [-0.15, -0.1) is 10.2 Å². The summed E-state index contributed by atoms with van der Waals surface area (Å²) in [6.07, 6.45) is 0. The third-order valence-corrected chi connectivity index (χ3v) is 3.38. The topological polar surface area (TPSA) is 25.8 Å². The van der Waals surface area contributed by atoms with Crippen molar-refractivity contribution in [2.45, 2.75) is 13.8 Å². The molecule has 88 valence electrons. The highest BCUT2D eigenvalue weighted by atomic mass is 15.1. The number of benzene rings is 2. The standard InChI is InChI=1S/C16H14N2/c1-11-6-5-8-14(12(11)2)16-10-13-7-3-4-9-15(13)17-18-16/h3-10H,1-2H3. The summed E-state index contributed by atoms with van der Waals surface area (Å²) in [6, 6.07) is 16.4. The maximum Gasteiger partial charge on any atom is 0.0938 e. The molecule has 0 aliphatic carbocycles. The fourth-order valence-corrected chi connectivity index (χ4v) is 2.14. The lowest BCUT2D eigenvalue weighted by atomic mass is 10.0. The average molecular weight is 234 g/mol. The highest BCUT2D eigenvalue weighted by Gasteiger charge is 2.06. The van der Waals surface area contributed by atoms with Gasteiger partial charge in [0.25, 0.3) is 0 Å². The molecule has 1 heterocycles. The highest BCUT2D eigenvalue weighted by molar-refractivity contribution is 5.82. The quantitative estimate of drug-likeness (QED) is 0.638. The molecule has 2 aromatic carbocycles. The van der Waals surface area contributed by atoms with Crippen LogP contribution < -0.4 is 0 Å². The Morgan fingerprint density at radius 1 is 0.833 bits per heavy atom. The molecule has 0 saturated heterocycles. The molecule has 1 aromatic heterocycles. The van der Waals surface area contributed by atoms with E-state index >= 15 is 0 Å². The fraction of sp³-hybridized carbons (Fsp3) is 0.125. The van der Waals surface area contributed by atoms with Crippen molar-refractivity contribution in [3.05, 3.63) is 59.7 Å². The van der Waals surface area contributed by atoms with E-state index < -0.39 is 0 Å². The first kappa shape index (κ1) is 10.9. The minimum Gasteiger partial charge on any atom is -0.150 e. The number of hydrogen-bond donors (Lipinski definition) is 0. The third-order valence-electron chi connectivity index (χ3n) is 3.38. The predicted molar refractivity (Wildman–Crippen MR) is 74.4 cm³/mol. The Kier molecular flexibility index (Phi) is 2.56. The Morgan fingerprint density at radius 2 is 1.67 bits per heavy atom. The van der Waals surface area contributed by atoms with Gasteiger partial charge in [-0.05, 0) is 37.1 Å². The molecule has 0 amide bonds. The summed E-state index contributed by atoms with van der Waals surface area (Å²) in [5, 5.41) is 9.74. The van der Waals surface area contributed by atoms with Crippen LogP contribution in [0.1, 0.15) is 11.1 Å². The number of aryl methyl sites for hydroxylation is 1. The van der Waals surface area contributed by atoms with E-state index in [1.165, 1.54) is 11.1 Å². The fourth-order valence-electron chi connectivity index (χ4n) is 2.14. The molecule has 0 atom stereocenters. The van der Waals surface area contributed by atoms with Crippen molar-refractivity contribution in [1.82, 2.24) is 10.2 Å². The van der Waals surface area contributed by atoms with Crippen molar-refractivity contribution in [2.24, 2.45) is 0 Å². The second-order valence-corrected chi connectivity index (χ2v) is 4.54. The Labute approximate surface area is 106 Å². The predicted octanol–water partition coefficient (Wildman–Crippen LogP) is 3.91. The molecular weight excluding hydrogens is 220 g/mol. The summed E-state index contributed by atoms with van der Waals surface area (Å²) in [7, 11) is 0. The minimum absolute atomic E-state index is 0.937. The van der Waals surface area contributed by atoms with Crippen LogP contribution >= 0.6 is 0 Å². The molecule has 0 fully saturated rings. The number of rotatable bonds is 1. The molecule has 2 heteroatoms. The Hall–Kier alpha value is -2.22. The van der Waals surface area contributed by atoms with Crippen molar-refractivity contribution >= 4 is 10.9 Å². The smallest absolute Gasteiger partial charge is 0.0938 e. The van der Waals surface area contributed by atoms with E-state index in [9.17, 15) is 0 Å². The summed E-state index contributed by atoms with van der Waals surface area (Å²) >= 11 is 0. The number of aromatic nitrogens is 2. The molecule has 0 unspecified atom stereocenters. The zero-order valence-corrected chi connectivity index (χ0v) is 10.5. The van der Waals surface area contributed by atoms with Gasteiger partial charge in [0.15, 0.2) is 0 Å². The number of nitrogens with zero attached hydrogens (tertiary/aromatic N) is 2. The van der Waals surface area contributed by atoms with Gasteiger partial charge >= 0.3 is 0 Å². The molecule has 0 aliphatic rings. The van der Waals surface area contributed by atoms with Gasteiger partial charge in [0, 0.05) is 10.9 Å². The van der Waals surface area contributed by atoms with Crippen molar-refractivity contribution in [2.75, 3.05) is 0 Å². The zero-order valence-electron chi connectivity index (χ0n) is 10.5. The summed E-state index contributed by atoms with van der Waals surface area (Å²) in [6.45, 7) is 4.24. The molecule has 0 aliphatic heterocycles. The maximum atomic E-state index is 4.33. The lowest BCUT2D eigenvalue weighted by molar-refractivity contribution is 1.08. The first-order chi connectivity index (χ1) is 8.75. The van der Waals surface area contributed by atoms with Crippen molar-refractivity contribution < 1.29 is 0 Å². The molecule has 3 aromatic rings. The van der Waals surface area contributed by atoms with Gasteiger partial charge in [-0.3, -0.25) is 0 Å². The SMILES string of the molecule is Cc1cccc(-c2cc3ccccc3nn2)c1C. The maximum absolute atomic E-state index is 4.33. The van der Waals surface area contributed by atoms with Crippen LogP contribution in [0.25, 0.3) is 22.2 Å². The van der Waals surface area contributed by atoms with E-state index in [-0.39, 0.29) is 0 Å². The number of fused-ring (bicyclic) bond motifs is 1. The summed E-state index contributed by atoms with van der Waals surface area (Å²) < 4.78 is 0. The van der Waals surface area contributed by atoms with Gasteiger partial charge in [0.05, 0.1) is 11.2 Å². The summed E-state index contributed by atoms with van der Waals surface area (Å²) in [4.78, 5) is 0. The molecule has 0 saturated carbocycles. The van der Waals surface area contributed by atoms with Crippen molar-refractivity contribution in [1.29, 1.82) is 0 Å². The normalized spacial score (nSPS) is 10.8. The van der Waals surface area contributed by atoms with E-state index in [4.69, 9.17) is 0 Å². The van der Waals surface area contributed by atoms with Crippen LogP contribution in [0.2, 0.25) is 0 Å². The monoisotopic (exact) mass is 234 g/mol. The highest BCUT2D eigenvalue weighted by Crippen LogP contribution is 2.25. The first-order valence-electron chi connectivity index (χ1n) is 6.05.